The highest BCUT2D eigenvalue weighted by molar-refractivity contribution is 5.83. The summed E-state index contributed by atoms with van der Waals surface area (Å²) in [4.78, 5) is 27.7. The first-order valence-electron chi connectivity index (χ1n) is 11.6. The van der Waals surface area contributed by atoms with Crippen molar-refractivity contribution < 1.29 is 19.4 Å². The van der Waals surface area contributed by atoms with Crippen molar-refractivity contribution in [3.63, 3.8) is 0 Å². The summed E-state index contributed by atoms with van der Waals surface area (Å²) < 4.78 is 5.35. The Bertz CT molecular complexity index is 889. The predicted octanol–water partition coefficient (Wildman–Crippen LogP) is 3.68. The second kappa shape index (κ2) is 10.6. The summed E-state index contributed by atoms with van der Waals surface area (Å²) in [5, 5.41) is 13.8. The van der Waals surface area contributed by atoms with Gasteiger partial charge in [-0.05, 0) is 42.7 Å². The number of amides is 2. The Labute approximate surface area is 189 Å². The average Bonchev–Trinajstić information content (AvgIpc) is 3.27. The van der Waals surface area contributed by atoms with Gasteiger partial charge < -0.3 is 20.1 Å². The van der Waals surface area contributed by atoms with E-state index in [4.69, 9.17) is 4.74 Å². The smallest absolute Gasteiger partial charge is 0.407 e. The fraction of sp³-hybridized carbons (Fsp3) is 0.462. The molecule has 2 aromatic carbocycles. The van der Waals surface area contributed by atoms with Gasteiger partial charge in [-0.15, -0.1) is 0 Å². The molecule has 1 heterocycles. The van der Waals surface area contributed by atoms with Gasteiger partial charge in [-0.25, -0.2) is 4.79 Å². The zero-order chi connectivity index (χ0) is 22.3. The van der Waals surface area contributed by atoms with E-state index < -0.39 is 18.2 Å². The molecule has 2 aliphatic rings. The van der Waals surface area contributed by atoms with E-state index in [2.05, 4.69) is 5.32 Å². The Hall–Kier alpha value is -2.86. The average molecular weight is 437 g/mol. The number of aliphatic hydroxyl groups excluding tert-OH is 1. The molecule has 4 rings (SSSR count). The van der Waals surface area contributed by atoms with Crippen LogP contribution >= 0.6 is 0 Å². The molecule has 0 radical (unpaired) electrons. The molecular weight excluding hydrogens is 404 g/mol. The van der Waals surface area contributed by atoms with Gasteiger partial charge in [-0.1, -0.05) is 73.5 Å². The number of hydrogen-bond acceptors (Lipinski definition) is 4. The maximum atomic E-state index is 13.3. The Morgan fingerprint density at radius 1 is 0.969 bits per heavy atom. The molecule has 6 heteroatoms. The monoisotopic (exact) mass is 436 g/mol. The predicted molar refractivity (Wildman–Crippen MR) is 122 cm³/mol. The Balaban J connectivity index is 1.43. The molecule has 2 N–H and O–H groups in total. The van der Waals surface area contributed by atoms with Gasteiger partial charge >= 0.3 is 6.09 Å². The van der Waals surface area contributed by atoms with Crippen molar-refractivity contribution >= 4 is 12.0 Å². The number of benzene rings is 2. The lowest BCUT2D eigenvalue weighted by Crippen LogP contribution is -2.54. The van der Waals surface area contributed by atoms with Crippen LogP contribution < -0.4 is 5.32 Å². The van der Waals surface area contributed by atoms with Crippen molar-refractivity contribution in [2.24, 2.45) is 5.92 Å². The van der Waals surface area contributed by atoms with Crippen LogP contribution in [0.1, 0.15) is 43.2 Å². The number of carbonyl (C=O) groups excluding carboxylic acids is 2. The van der Waals surface area contributed by atoms with Crippen LogP contribution in [0.5, 0.6) is 0 Å². The molecule has 0 spiro atoms. The number of ether oxygens (including phenoxy) is 1. The summed E-state index contributed by atoms with van der Waals surface area (Å²) >= 11 is 0. The van der Waals surface area contributed by atoms with Crippen molar-refractivity contribution in [1.82, 2.24) is 10.2 Å². The number of fused-ring (bicyclic) bond motifs is 1. The Morgan fingerprint density at radius 2 is 1.62 bits per heavy atom. The van der Waals surface area contributed by atoms with Crippen molar-refractivity contribution in [3.8, 4) is 0 Å². The second-order valence-electron chi connectivity index (χ2n) is 8.88. The van der Waals surface area contributed by atoms with Crippen LogP contribution in [0, 0.1) is 5.92 Å². The van der Waals surface area contributed by atoms with Gasteiger partial charge in [0.25, 0.3) is 5.91 Å². The largest absolute Gasteiger partial charge is 0.445 e. The summed E-state index contributed by atoms with van der Waals surface area (Å²) in [5.41, 5.74) is 1.81. The molecule has 0 bridgehead atoms. The highest BCUT2D eigenvalue weighted by atomic mass is 16.5. The highest BCUT2D eigenvalue weighted by Gasteiger charge is 2.41. The molecule has 2 amide bonds. The molecule has 6 nitrogen and oxygen atoms in total. The zero-order valence-corrected chi connectivity index (χ0v) is 18.4. The van der Waals surface area contributed by atoms with E-state index in [9.17, 15) is 14.7 Å². The zero-order valence-electron chi connectivity index (χ0n) is 18.4. The van der Waals surface area contributed by atoms with Crippen molar-refractivity contribution in [1.29, 1.82) is 0 Å². The molecule has 1 aliphatic carbocycles. The van der Waals surface area contributed by atoms with Crippen LogP contribution in [0.25, 0.3) is 0 Å². The molecule has 1 saturated carbocycles. The summed E-state index contributed by atoms with van der Waals surface area (Å²) in [6, 6.07) is 18.4. The van der Waals surface area contributed by atoms with Crippen LogP contribution in [0.15, 0.2) is 60.7 Å². The van der Waals surface area contributed by atoms with Crippen molar-refractivity contribution in [3.05, 3.63) is 71.8 Å². The fourth-order valence-corrected chi connectivity index (χ4v) is 5.05. The fourth-order valence-electron chi connectivity index (χ4n) is 5.05. The maximum Gasteiger partial charge on any atom is 0.407 e. The third kappa shape index (κ3) is 5.49. The number of hydrogen-bond donors (Lipinski definition) is 2. The van der Waals surface area contributed by atoms with Crippen LogP contribution in [-0.4, -0.2) is 46.7 Å². The van der Waals surface area contributed by atoms with Gasteiger partial charge in [0.05, 0.1) is 6.04 Å². The maximum absolute atomic E-state index is 13.3. The van der Waals surface area contributed by atoms with E-state index in [-0.39, 0.29) is 18.6 Å². The van der Waals surface area contributed by atoms with Gasteiger partial charge in [-0.2, -0.15) is 0 Å². The second-order valence-corrected chi connectivity index (χ2v) is 8.88. The van der Waals surface area contributed by atoms with Gasteiger partial charge in [0, 0.05) is 12.6 Å². The quantitative estimate of drug-likeness (QED) is 0.694. The van der Waals surface area contributed by atoms with Crippen molar-refractivity contribution in [2.45, 2.75) is 63.3 Å². The highest BCUT2D eigenvalue weighted by Crippen LogP contribution is 2.36. The first kappa shape index (κ1) is 22.3. The summed E-state index contributed by atoms with van der Waals surface area (Å²) in [7, 11) is 0. The molecule has 1 saturated heterocycles. The summed E-state index contributed by atoms with van der Waals surface area (Å²) in [6.07, 6.45) is 3.88. The molecule has 2 aromatic rings. The van der Waals surface area contributed by atoms with Crippen LogP contribution in [0.2, 0.25) is 0 Å². The van der Waals surface area contributed by atoms with Gasteiger partial charge in [0.15, 0.2) is 6.10 Å². The van der Waals surface area contributed by atoms with E-state index in [0.29, 0.717) is 18.9 Å². The SMILES string of the molecule is O=C(N[C@@H](Cc1ccccc1)[C@H](O)C(=O)N1CCC2CCCC[C@@H]21)OCc1ccccc1. The lowest BCUT2D eigenvalue weighted by molar-refractivity contribution is -0.143. The molecule has 1 unspecified atom stereocenters. The number of nitrogens with one attached hydrogen (secondary N) is 1. The third-order valence-electron chi connectivity index (χ3n) is 6.74. The number of alkyl carbamates (subject to hydrolysis) is 1. The number of rotatable bonds is 7. The topological polar surface area (TPSA) is 78.9 Å². The van der Waals surface area contributed by atoms with Crippen LogP contribution in [-0.2, 0) is 22.6 Å². The summed E-state index contributed by atoms with van der Waals surface area (Å²) in [5.74, 6) is 0.250. The standard InChI is InChI=1S/C26H32N2O4/c29-24(25(30)28-16-15-21-13-7-8-14-23(21)28)22(17-19-9-3-1-4-10-19)27-26(31)32-18-20-11-5-2-6-12-20/h1-6,9-12,21-24,29H,7-8,13-18H2,(H,27,31)/t21?,22-,23-,24-/m0/s1. The van der Waals surface area contributed by atoms with E-state index in [1.165, 1.54) is 6.42 Å². The Morgan fingerprint density at radius 3 is 2.34 bits per heavy atom. The first-order chi connectivity index (χ1) is 15.6. The van der Waals surface area contributed by atoms with Crippen LogP contribution in [0.4, 0.5) is 4.79 Å². The number of carbonyl (C=O) groups is 2. The van der Waals surface area contributed by atoms with E-state index in [1.54, 1.807) is 0 Å². The number of aliphatic hydroxyl groups is 1. The minimum atomic E-state index is -1.32. The van der Waals surface area contributed by atoms with Crippen LogP contribution in [0.3, 0.4) is 0 Å². The van der Waals surface area contributed by atoms with Gasteiger partial charge in [0.2, 0.25) is 0 Å². The number of nitrogens with zero attached hydrogens (tertiary/aromatic N) is 1. The lowest BCUT2D eigenvalue weighted by Gasteiger charge is -2.34. The minimum absolute atomic E-state index is 0.130. The molecule has 2 fully saturated rings. The lowest BCUT2D eigenvalue weighted by atomic mass is 9.85. The van der Waals surface area contributed by atoms with Gasteiger partial charge in [0.1, 0.15) is 6.61 Å². The molecule has 4 atom stereocenters. The Kier molecular flexibility index (Phi) is 7.43. The van der Waals surface area contributed by atoms with E-state index in [0.717, 1.165) is 36.8 Å². The van der Waals surface area contributed by atoms with E-state index >= 15 is 0 Å². The molecule has 32 heavy (non-hydrogen) atoms. The van der Waals surface area contributed by atoms with Gasteiger partial charge in [-0.3, -0.25) is 4.79 Å². The van der Waals surface area contributed by atoms with E-state index in [1.807, 2.05) is 65.6 Å². The summed E-state index contributed by atoms with van der Waals surface area (Å²) in [6.45, 7) is 0.812. The molecule has 1 aliphatic heterocycles. The normalized spacial score (nSPS) is 22.0. The number of likely N-dealkylation sites (tertiary alicyclic amines) is 1. The molecule has 0 aromatic heterocycles. The third-order valence-corrected chi connectivity index (χ3v) is 6.74. The molecular formula is C26H32N2O4. The molecule has 170 valence electrons. The first-order valence-corrected chi connectivity index (χ1v) is 11.6. The van der Waals surface area contributed by atoms with Crippen molar-refractivity contribution in [2.75, 3.05) is 6.54 Å². The minimum Gasteiger partial charge on any atom is -0.445 e.